The van der Waals surface area contributed by atoms with Gasteiger partial charge in [0.2, 0.25) is 0 Å². The lowest BCUT2D eigenvalue weighted by Crippen LogP contribution is -2.49. The van der Waals surface area contributed by atoms with Crippen molar-refractivity contribution < 1.29 is 14.3 Å². The Morgan fingerprint density at radius 1 is 0.933 bits per heavy atom. The van der Waals surface area contributed by atoms with Gasteiger partial charge >= 0.3 is 0 Å². The third-order valence-electron chi connectivity index (χ3n) is 5.61. The molecule has 1 aliphatic heterocycles. The molecule has 2 aromatic heterocycles. The number of nitrogens with zero attached hydrogens (tertiary/aromatic N) is 3. The van der Waals surface area contributed by atoms with Gasteiger partial charge in [0, 0.05) is 49.7 Å². The summed E-state index contributed by atoms with van der Waals surface area (Å²) in [7, 11) is 0. The second kappa shape index (κ2) is 8.34. The standard InChI is InChI=1S/C24H25N3O3/c28-18(16-26-11-13-27(14-12-26)24-7-3-4-10-25-24)17-29-19-8-9-23-21(15-19)20-5-1-2-6-22(20)30-23/h1-10,15,18,28H,11-14,16-17H2. The summed E-state index contributed by atoms with van der Waals surface area (Å²) >= 11 is 0. The van der Waals surface area contributed by atoms with Crippen LogP contribution >= 0.6 is 0 Å². The molecule has 0 amide bonds. The third-order valence-corrected chi connectivity index (χ3v) is 5.61. The van der Waals surface area contributed by atoms with Crippen LogP contribution in [0.25, 0.3) is 21.9 Å². The second-order valence-corrected chi connectivity index (χ2v) is 7.70. The monoisotopic (exact) mass is 403 g/mol. The number of aliphatic hydroxyl groups excluding tert-OH is 1. The second-order valence-electron chi connectivity index (χ2n) is 7.70. The molecule has 1 saturated heterocycles. The molecule has 0 bridgehead atoms. The van der Waals surface area contributed by atoms with E-state index in [1.54, 1.807) is 0 Å². The zero-order valence-electron chi connectivity index (χ0n) is 16.8. The number of piperazine rings is 1. The van der Waals surface area contributed by atoms with Gasteiger partial charge in [0.25, 0.3) is 0 Å². The first-order valence-electron chi connectivity index (χ1n) is 10.4. The zero-order chi connectivity index (χ0) is 20.3. The van der Waals surface area contributed by atoms with Crippen molar-refractivity contribution in [2.24, 2.45) is 0 Å². The highest BCUT2D eigenvalue weighted by molar-refractivity contribution is 6.05. The minimum atomic E-state index is -0.539. The number of para-hydroxylation sites is 1. The lowest BCUT2D eigenvalue weighted by Gasteiger charge is -2.36. The summed E-state index contributed by atoms with van der Waals surface area (Å²) in [5, 5.41) is 12.6. The molecule has 0 saturated carbocycles. The Morgan fingerprint density at radius 3 is 2.57 bits per heavy atom. The molecule has 1 aliphatic rings. The van der Waals surface area contributed by atoms with Gasteiger partial charge in [-0.25, -0.2) is 4.98 Å². The van der Waals surface area contributed by atoms with Crippen LogP contribution in [0.15, 0.2) is 71.3 Å². The Bertz CT molecular complexity index is 1120. The number of pyridine rings is 1. The average Bonchev–Trinajstić information content (AvgIpc) is 3.17. The molecule has 5 rings (SSSR count). The van der Waals surface area contributed by atoms with Crippen LogP contribution < -0.4 is 9.64 Å². The fourth-order valence-electron chi connectivity index (χ4n) is 4.04. The first-order chi connectivity index (χ1) is 14.8. The van der Waals surface area contributed by atoms with Crippen LogP contribution in [0.5, 0.6) is 5.75 Å². The molecule has 154 valence electrons. The van der Waals surface area contributed by atoms with Gasteiger partial charge in [0.05, 0.1) is 0 Å². The van der Waals surface area contributed by atoms with E-state index in [9.17, 15) is 5.11 Å². The van der Waals surface area contributed by atoms with Crippen LogP contribution in [0.3, 0.4) is 0 Å². The number of hydrogen-bond donors (Lipinski definition) is 1. The molecule has 1 N–H and O–H groups in total. The molecule has 4 aromatic rings. The minimum Gasteiger partial charge on any atom is -0.491 e. The number of aliphatic hydroxyl groups is 1. The Morgan fingerprint density at radius 2 is 1.73 bits per heavy atom. The van der Waals surface area contributed by atoms with E-state index in [2.05, 4.69) is 14.8 Å². The summed E-state index contributed by atoms with van der Waals surface area (Å²) < 4.78 is 11.7. The van der Waals surface area contributed by atoms with E-state index in [1.165, 1.54) is 0 Å². The van der Waals surface area contributed by atoms with E-state index in [1.807, 2.05) is 66.9 Å². The van der Waals surface area contributed by atoms with Crippen LogP contribution in [0, 0.1) is 0 Å². The lowest BCUT2D eigenvalue weighted by atomic mass is 10.1. The molecule has 0 aliphatic carbocycles. The summed E-state index contributed by atoms with van der Waals surface area (Å²) in [6, 6.07) is 19.8. The molecule has 6 heteroatoms. The van der Waals surface area contributed by atoms with E-state index in [4.69, 9.17) is 9.15 Å². The molecular formula is C24H25N3O3. The SMILES string of the molecule is OC(COc1ccc2oc3ccccc3c2c1)CN1CCN(c2ccccn2)CC1. The first kappa shape index (κ1) is 18.9. The van der Waals surface area contributed by atoms with E-state index >= 15 is 0 Å². The number of β-amino-alcohol motifs (C(OH)–C–C–N with tert-alkyl or cyclic N) is 1. The van der Waals surface area contributed by atoms with Crippen molar-refractivity contribution in [3.8, 4) is 5.75 Å². The van der Waals surface area contributed by atoms with Gasteiger partial charge < -0.3 is 19.2 Å². The summed E-state index contributed by atoms with van der Waals surface area (Å²) in [6.07, 6.45) is 1.29. The van der Waals surface area contributed by atoms with Gasteiger partial charge in [-0.15, -0.1) is 0 Å². The number of aromatic nitrogens is 1. The lowest BCUT2D eigenvalue weighted by molar-refractivity contribution is 0.0663. The zero-order valence-corrected chi connectivity index (χ0v) is 16.8. The minimum absolute atomic E-state index is 0.266. The third kappa shape index (κ3) is 3.97. The van der Waals surface area contributed by atoms with Crippen LogP contribution in [-0.4, -0.2) is 60.4 Å². The molecule has 30 heavy (non-hydrogen) atoms. The summed E-state index contributed by atoms with van der Waals surface area (Å²) in [5.74, 6) is 1.76. The van der Waals surface area contributed by atoms with Gasteiger partial charge in [-0.2, -0.15) is 0 Å². The number of hydrogen-bond acceptors (Lipinski definition) is 6. The van der Waals surface area contributed by atoms with Crippen molar-refractivity contribution in [3.05, 3.63) is 66.9 Å². The molecule has 0 radical (unpaired) electrons. The fraction of sp³-hybridized carbons (Fsp3) is 0.292. The number of benzene rings is 2. The van der Waals surface area contributed by atoms with E-state index in [-0.39, 0.29) is 6.61 Å². The number of anilines is 1. The van der Waals surface area contributed by atoms with Crippen LogP contribution in [0.4, 0.5) is 5.82 Å². The van der Waals surface area contributed by atoms with Gasteiger partial charge in [0.1, 0.15) is 35.4 Å². The topological polar surface area (TPSA) is 62.0 Å². The molecule has 1 unspecified atom stereocenters. The molecule has 1 fully saturated rings. The Kier molecular flexibility index (Phi) is 5.26. The molecule has 0 spiro atoms. The highest BCUT2D eigenvalue weighted by Gasteiger charge is 2.20. The largest absolute Gasteiger partial charge is 0.491 e. The number of rotatable bonds is 6. The number of furan rings is 1. The molecule has 3 heterocycles. The molecule has 2 aromatic carbocycles. The summed E-state index contributed by atoms with van der Waals surface area (Å²) in [6.45, 7) is 4.50. The van der Waals surface area contributed by atoms with Gasteiger partial charge in [-0.3, -0.25) is 4.90 Å². The van der Waals surface area contributed by atoms with Crippen LogP contribution in [0.2, 0.25) is 0 Å². The van der Waals surface area contributed by atoms with Crippen molar-refractivity contribution in [2.45, 2.75) is 6.10 Å². The van der Waals surface area contributed by atoms with Gasteiger partial charge in [0.15, 0.2) is 0 Å². The summed E-state index contributed by atoms with van der Waals surface area (Å²) in [4.78, 5) is 8.98. The normalized spacial score (nSPS) is 16.2. The van der Waals surface area contributed by atoms with E-state index < -0.39 is 6.10 Å². The fourth-order valence-corrected chi connectivity index (χ4v) is 4.04. The smallest absolute Gasteiger partial charge is 0.135 e. The predicted octanol–water partition coefficient (Wildman–Crippen LogP) is 3.54. The maximum atomic E-state index is 10.5. The molecule has 1 atom stereocenters. The van der Waals surface area contributed by atoms with Gasteiger partial charge in [-0.1, -0.05) is 24.3 Å². The van der Waals surface area contributed by atoms with Crippen molar-refractivity contribution in [3.63, 3.8) is 0 Å². The van der Waals surface area contributed by atoms with Crippen molar-refractivity contribution in [2.75, 3.05) is 44.2 Å². The first-order valence-corrected chi connectivity index (χ1v) is 10.4. The maximum absolute atomic E-state index is 10.5. The predicted molar refractivity (Wildman–Crippen MR) is 118 cm³/mol. The summed E-state index contributed by atoms with van der Waals surface area (Å²) in [5.41, 5.74) is 1.71. The number of fused-ring (bicyclic) bond motifs is 3. The molecule has 6 nitrogen and oxygen atoms in total. The molecular weight excluding hydrogens is 378 g/mol. The highest BCUT2D eigenvalue weighted by atomic mass is 16.5. The van der Waals surface area contributed by atoms with Gasteiger partial charge in [-0.05, 0) is 36.4 Å². The Balaban J connectivity index is 1.15. The average molecular weight is 403 g/mol. The highest BCUT2D eigenvalue weighted by Crippen LogP contribution is 2.31. The van der Waals surface area contributed by atoms with E-state index in [0.29, 0.717) is 6.54 Å². The van der Waals surface area contributed by atoms with E-state index in [0.717, 1.165) is 59.7 Å². The van der Waals surface area contributed by atoms with Crippen molar-refractivity contribution >= 4 is 27.8 Å². The Labute approximate surface area is 175 Å². The van der Waals surface area contributed by atoms with Crippen molar-refractivity contribution in [1.29, 1.82) is 0 Å². The quantitative estimate of drug-likeness (QED) is 0.531. The van der Waals surface area contributed by atoms with Crippen molar-refractivity contribution in [1.82, 2.24) is 9.88 Å². The van der Waals surface area contributed by atoms with Crippen LogP contribution in [-0.2, 0) is 0 Å². The van der Waals surface area contributed by atoms with Crippen LogP contribution in [0.1, 0.15) is 0 Å². The maximum Gasteiger partial charge on any atom is 0.135 e. The Hall–Kier alpha value is -3.09. The number of ether oxygens (including phenoxy) is 1.